The zero-order valence-electron chi connectivity index (χ0n) is 11.4. The number of carbonyl (C=O) groups excluding carboxylic acids is 1. The van der Waals surface area contributed by atoms with E-state index in [-0.39, 0.29) is 12.1 Å². The molecule has 1 amide bonds. The summed E-state index contributed by atoms with van der Waals surface area (Å²) in [5.41, 5.74) is 4.59. The molecule has 100 valence electrons. The normalized spacial score (nSPS) is 22.9. The summed E-state index contributed by atoms with van der Waals surface area (Å²) in [4.78, 5) is 12.6. The largest absolute Gasteiger partial charge is 0.270 e. The third-order valence-corrected chi connectivity index (χ3v) is 4.19. The molecule has 0 radical (unpaired) electrons. The molecule has 2 atom stereocenters. The molecule has 2 unspecified atom stereocenters. The molecule has 20 heavy (non-hydrogen) atoms. The van der Waals surface area contributed by atoms with Gasteiger partial charge >= 0.3 is 0 Å². The SMILES string of the molecule is Cc1ccc(C(=O)N2C3c4ccccc4CCN32)cc1. The molecular formula is C17H16N2O. The zero-order chi connectivity index (χ0) is 13.7. The summed E-state index contributed by atoms with van der Waals surface area (Å²) in [5.74, 6) is 0.103. The highest BCUT2D eigenvalue weighted by atomic mass is 16.2. The molecule has 4 rings (SSSR count). The highest BCUT2D eigenvalue weighted by Gasteiger charge is 2.52. The van der Waals surface area contributed by atoms with Crippen molar-refractivity contribution in [2.45, 2.75) is 19.5 Å². The Bertz CT molecular complexity index is 678. The van der Waals surface area contributed by atoms with E-state index in [2.05, 4.69) is 29.3 Å². The molecule has 0 N–H and O–H groups in total. The second-order valence-electron chi connectivity index (χ2n) is 5.50. The fourth-order valence-electron chi connectivity index (χ4n) is 3.03. The smallest absolute Gasteiger partial charge is 0.268 e. The van der Waals surface area contributed by atoms with Gasteiger partial charge in [-0.1, -0.05) is 42.0 Å². The Balaban J connectivity index is 1.64. The summed E-state index contributed by atoms with van der Waals surface area (Å²) < 4.78 is 0. The molecule has 3 heteroatoms. The lowest BCUT2D eigenvalue weighted by molar-refractivity contribution is 0.0808. The number of amides is 1. The molecule has 2 aromatic rings. The number of hydrogen-bond acceptors (Lipinski definition) is 2. The van der Waals surface area contributed by atoms with Crippen LogP contribution in [0.25, 0.3) is 0 Å². The van der Waals surface area contributed by atoms with Crippen LogP contribution in [0.3, 0.4) is 0 Å². The van der Waals surface area contributed by atoms with Crippen LogP contribution in [-0.4, -0.2) is 22.5 Å². The molecule has 1 saturated heterocycles. The van der Waals surface area contributed by atoms with Crippen molar-refractivity contribution < 1.29 is 4.79 Å². The molecule has 0 saturated carbocycles. The van der Waals surface area contributed by atoms with Crippen LogP contribution < -0.4 is 0 Å². The Hall–Kier alpha value is -2.13. The molecule has 0 bridgehead atoms. The quantitative estimate of drug-likeness (QED) is 0.739. The maximum atomic E-state index is 12.6. The van der Waals surface area contributed by atoms with Crippen molar-refractivity contribution in [1.29, 1.82) is 0 Å². The summed E-state index contributed by atoms with van der Waals surface area (Å²) in [7, 11) is 0. The van der Waals surface area contributed by atoms with Gasteiger partial charge < -0.3 is 0 Å². The van der Waals surface area contributed by atoms with Gasteiger partial charge in [-0.05, 0) is 36.6 Å². The van der Waals surface area contributed by atoms with Gasteiger partial charge in [0.25, 0.3) is 5.91 Å². The Morgan fingerprint density at radius 3 is 2.65 bits per heavy atom. The van der Waals surface area contributed by atoms with Gasteiger partial charge in [-0.25, -0.2) is 5.01 Å². The first-order chi connectivity index (χ1) is 9.75. The minimum atomic E-state index is 0.103. The summed E-state index contributed by atoms with van der Waals surface area (Å²) in [6.45, 7) is 2.96. The highest BCUT2D eigenvalue weighted by Crippen LogP contribution is 2.46. The lowest BCUT2D eigenvalue weighted by atomic mass is 10.0. The molecule has 0 aliphatic carbocycles. The van der Waals surface area contributed by atoms with Crippen molar-refractivity contribution in [2.75, 3.05) is 6.54 Å². The molecule has 0 aromatic heterocycles. The van der Waals surface area contributed by atoms with Crippen LogP contribution in [0.2, 0.25) is 0 Å². The lowest BCUT2D eigenvalue weighted by Gasteiger charge is -2.11. The number of benzene rings is 2. The van der Waals surface area contributed by atoms with E-state index in [1.54, 1.807) is 0 Å². The summed E-state index contributed by atoms with van der Waals surface area (Å²) in [5, 5.41) is 4.04. The molecule has 2 heterocycles. The minimum Gasteiger partial charge on any atom is -0.268 e. The Morgan fingerprint density at radius 2 is 1.85 bits per heavy atom. The standard InChI is InChI=1S/C17H16N2O/c1-12-6-8-14(9-7-12)17(20)19-16-15-5-3-2-4-13(15)10-11-18(16)19/h2-9,16H,10-11H2,1H3. The van der Waals surface area contributed by atoms with E-state index in [9.17, 15) is 4.79 Å². The number of nitrogens with zero attached hydrogens (tertiary/aromatic N) is 2. The molecule has 3 nitrogen and oxygen atoms in total. The molecular weight excluding hydrogens is 248 g/mol. The Kier molecular flexibility index (Phi) is 2.44. The van der Waals surface area contributed by atoms with E-state index in [0.717, 1.165) is 18.5 Å². The number of rotatable bonds is 1. The van der Waals surface area contributed by atoms with Gasteiger partial charge in [0.05, 0.1) is 0 Å². The maximum absolute atomic E-state index is 12.6. The first kappa shape index (κ1) is 11.7. The van der Waals surface area contributed by atoms with Gasteiger partial charge in [0.1, 0.15) is 6.17 Å². The molecule has 2 aliphatic heterocycles. The first-order valence-electron chi connectivity index (χ1n) is 7.00. The van der Waals surface area contributed by atoms with E-state index in [0.29, 0.717) is 0 Å². The summed E-state index contributed by atoms with van der Waals surface area (Å²) in [6, 6.07) is 16.2. The van der Waals surface area contributed by atoms with Crippen molar-refractivity contribution in [3.63, 3.8) is 0 Å². The number of hydrazine groups is 1. The monoisotopic (exact) mass is 264 g/mol. The van der Waals surface area contributed by atoms with E-state index in [4.69, 9.17) is 0 Å². The minimum absolute atomic E-state index is 0.103. The second-order valence-corrected chi connectivity index (χ2v) is 5.50. The van der Waals surface area contributed by atoms with Crippen LogP contribution in [-0.2, 0) is 6.42 Å². The van der Waals surface area contributed by atoms with Crippen LogP contribution in [0.1, 0.15) is 33.2 Å². The van der Waals surface area contributed by atoms with Gasteiger partial charge in [-0.15, -0.1) is 0 Å². The zero-order valence-corrected chi connectivity index (χ0v) is 11.4. The Labute approximate surface area is 118 Å². The summed E-state index contributed by atoms with van der Waals surface area (Å²) in [6.07, 6.45) is 1.17. The van der Waals surface area contributed by atoms with E-state index < -0.39 is 0 Å². The number of carbonyl (C=O) groups is 1. The van der Waals surface area contributed by atoms with Crippen molar-refractivity contribution in [3.05, 3.63) is 70.8 Å². The number of aryl methyl sites for hydroxylation is 1. The van der Waals surface area contributed by atoms with Crippen molar-refractivity contribution in [2.24, 2.45) is 0 Å². The van der Waals surface area contributed by atoms with Gasteiger partial charge in [-0.3, -0.25) is 4.79 Å². The average molecular weight is 264 g/mol. The molecule has 2 aromatic carbocycles. The van der Waals surface area contributed by atoms with Crippen LogP contribution in [0, 0.1) is 6.92 Å². The van der Waals surface area contributed by atoms with Gasteiger partial charge in [0, 0.05) is 12.1 Å². The number of fused-ring (bicyclic) bond motifs is 3. The maximum Gasteiger partial charge on any atom is 0.270 e. The van der Waals surface area contributed by atoms with E-state index in [1.807, 2.05) is 36.2 Å². The third kappa shape index (κ3) is 1.67. The topological polar surface area (TPSA) is 23.1 Å². The van der Waals surface area contributed by atoms with Crippen molar-refractivity contribution in [1.82, 2.24) is 10.0 Å². The third-order valence-electron chi connectivity index (χ3n) is 4.19. The first-order valence-corrected chi connectivity index (χ1v) is 7.00. The predicted octanol–water partition coefficient (Wildman–Crippen LogP) is 2.92. The van der Waals surface area contributed by atoms with Crippen LogP contribution >= 0.6 is 0 Å². The fourth-order valence-corrected chi connectivity index (χ4v) is 3.03. The van der Waals surface area contributed by atoms with Crippen LogP contribution in [0.4, 0.5) is 0 Å². The average Bonchev–Trinajstić information content (AvgIpc) is 3.22. The van der Waals surface area contributed by atoms with Gasteiger partial charge in [-0.2, -0.15) is 5.01 Å². The van der Waals surface area contributed by atoms with E-state index in [1.165, 1.54) is 16.7 Å². The fraction of sp³-hybridized carbons (Fsp3) is 0.235. The number of hydrogen-bond donors (Lipinski definition) is 0. The van der Waals surface area contributed by atoms with Gasteiger partial charge in [0.2, 0.25) is 0 Å². The molecule has 2 aliphatic rings. The second kappa shape index (κ2) is 4.18. The van der Waals surface area contributed by atoms with Gasteiger partial charge in [0.15, 0.2) is 0 Å². The van der Waals surface area contributed by atoms with Crippen molar-refractivity contribution >= 4 is 5.91 Å². The van der Waals surface area contributed by atoms with Crippen LogP contribution in [0.5, 0.6) is 0 Å². The van der Waals surface area contributed by atoms with Crippen molar-refractivity contribution in [3.8, 4) is 0 Å². The lowest BCUT2D eigenvalue weighted by Crippen LogP contribution is -2.18. The Morgan fingerprint density at radius 1 is 1.10 bits per heavy atom. The van der Waals surface area contributed by atoms with E-state index >= 15 is 0 Å². The molecule has 1 fully saturated rings. The molecule has 0 spiro atoms. The summed E-state index contributed by atoms with van der Waals surface area (Å²) >= 11 is 0. The van der Waals surface area contributed by atoms with Crippen LogP contribution in [0.15, 0.2) is 48.5 Å². The highest BCUT2D eigenvalue weighted by molar-refractivity contribution is 5.95. The predicted molar refractivity (Wildman–Crippen MR) is 76.9 cm³/mol.